The first kappa shape index (κ1) is 11.4. The third kappa shape index (κ3) is 2.73. The van der Waals surface area contributed by atoms with Crippen molar-refractivity contribution < 1.29 is 4.74 Å². The van der Waals surface area contributed by atoms with Crippen LogP contribution in [0.3, 0.4) is 0 Å². The number of ether oxygens (including phenoxy) is 1. The number of rotatable bonds is 3. The van der Waals surface area contributed by atoms with Gasteiger partial charge in [-0.2, -0.15) is 0 Å². The van der Waals surface area contributed by atoms with Gasteiger partial charge in [0.1, 0.15) is 5.82 Å². The summed E-state index contributed by atoms with van der Waals surface area (Å²) in [5.41, 5.74) is 2.66. The molecular weight excluding hydrogens is 200 g/mol. The van der Waals surface area contributed by atoms with Gasteiger partial charge in [0.15, 0.2) is 0 Å². The minimum absolute atomic E-state index is 0.522. The molecule has 16 heavy (non-hydrogen) atoms. The maximum absolute atomic E-state index is 5.34. The molecule has 0 unspecified atom stereocenters. The van der Waals surface area contributed by atoms with Gasteiger partial charge in [-0.15, -0.1) is 0 Å². The quantitative estimate of drug-likeness (QED) is 0.850. The van der Waals surface area contributed by atoms with Gasteiger partial charge in [0.05, 0.1) is 0 Å². The first-order valence-corrected chi connectivity index (χ1v) is 6.09. The van der Waals surface area contributed by atoms with Crippen molar-refractivity contribution in [3.63, 3.8) is 0 Å². The Morgan fingerprint density at radius 1 is 1.44 bits per heavy atom. The van der Waals surface area contributed by atoms with Gasteiger partial charge in [-0.25, -0.2) is 4.98 Å². The van der Waals surface area contributed by atoms with Crippen molar-refractivity contribution in [3.8, 4) is 0 Å². The minimum Gasteiger partial charge on any atom is -0.381 e. The maximum atomic E-state index is 5.34. The van der Waals surface area contributed by atoms with Crippen LogP contribution in [-0.4, -0.2) is 24.2 Å². The number of pyridine rings is 1. The molecule has 0 atom stereocenters. The molecule has 1 saturated heterocycles. The fraction of sp³-hybridized carbons (Fsp3) is 0.615. The molecule has 1 aliphatic heterocycles. The maximum Gasteiger partial charge on any atom is 0.126 e. The predicted octanol–water partition coefficient (Wildman–Crippen LogP) is 2.54. The van der Waals surface area contributed by atoms with Crippen molar-refractivity contribution in [2.45, 2.75) is 39.2 Å². The molecule has 0 saturated carbocycles. The molecule has 3 nitrogen and oxygen atoms in total. The number of aromatic nitrogens is 1. The van der Waals surface area contributed by atoms with Crippen molar-refractivity contribution in [3.05, 3.63) is 23.4 Å². The summed E-state index contributed by atoms with van der Waals surface area (Å²) in [5, 5.41) is 3.49. The van der Waals surface area contributed by atoms with E-state index in [0.29, 0.717) is 6.04 Å². The lowest BCUT2D eigenvalue weighted by Crippen LogP contribution is -2.28. The second-order valence-electron chi connectivity index (χ2n) is 4.38. The van der Waals surface area contributed by atoms with Crippen molar-refractivity contribution >= 4 is 5.82 Å². The minimum atomic E-state index is 0.522. The third-order valence-corrected chi connectivity index (χ3v) is 3.17. The topological polar surface area (TPSA) is 34.1 Å². The van der Waals surface area contributed by atoms with E-state index < -0.39 is 0 Å². The fourth-order valence-corrected chi connectivity index (χ4v) is 2.08. The molecule has 1 aliphatic rings. The zero-order chi connectivity index (χ0) is 11.4. The van der Waals surface area contributed by atoms with Crippen molar-refractivity contribution in [1.29, 1.82) is 0 Å². The smallest absolute Gasteiger partial charge is 0.126 e. The molecular formula is C13H20N2O. The van der Waals surface area contributed by atoms with Crippen LogP contribution in [0.15, 0.2) is 12.3 Å². The number of nitrogens with one attached hydrogen (secondary N) is 1. The highest BCUT2D eigenvalue weighted by atomic mass is 16.5. The molecule has 0 amide bonds. The summed E-state index contributed by atoms with van der Waals surface area (Å²) in [6.45, 7) is 6.03. The van der Waals surface area contributed by atoms with Crippen LogP contribution < -0.4 is 5.32 Å². The van der Waals surface area contributed by atoms with Gasteiger partial charge in [0.25, 0.3) is 0 Å². The van der Waals surface area contributed by atoms with Crippen molar-refractivity contribution in [2.75, 3.05) is 18.5 Å². The Hall–Kier alpha value is -1.09. The lowest BCUT2D eigenvalue weighted by Gasteiger charge is -2.23. The van der Waals surface area contributed by atoms with Gasteiger partial charge >= 0.3 is 0 Å². The zero-order valence-electron chi connectivity index (χ0n) is 10.1. The van der Waals surface area contributed by atoms with E-state index in [1.54, 1.807) is 0 Å². The summed E-state index contributed by atoms with van der Waals surface area (Å²) >= 11 is 0. The van der Waals surface area contributed by atoms with Gasteiger partial charge in [0, 0.05) is 25.5 Å². The molecule has 0 spiro atoms. The molecule has 2 rings (SSSR count). The number of anilines is 1. The van der Waals surface area contributed by atoms with Crippen LogP contribution in [0.1, 0.15) is 30.9 Å². The zero-order valence-corrected chi connectivity index (χ0v) is 10.1. The number of hydrogen-bond acceptors (Lipinski definition) is 3. The summed E-state index contributed by atoms with van der Waals surface area (Å²) in [5.74, 6) is 1.01. The highest BCUT2D eigenvalue weighted by Crippen LogP contribution is 2.16. The van der Waals surface area contributed by atoms with Gasteiger partial charge in [-0.1, -0.05) is 6.92 Å². The predicted molar refractivity (Wildman–Crippen MR) is 65.8 cm³/mol. The fourth-order valence-electron chi connectivity index (χ4n) is 2.08. The highest BCUT2D eigenvalue weighted by molar-refractivity contribution is 5.41. The number of nitrogens with zero attached hydrogens (tertiary/aromatic N) is 1. The number of hydrogen-bond donors (Lipinski definition) is 1. The van der Waals surface area contributed by atoms with E-state index in [2.05, 4.69) is 30.2 Å². The Kier molecular flexibility index (Phi) is 3.78. The molecule has 1 fully saturated rings. The van der Waals surface area contributed by atoms with Crippen LogP contribution in [0, 0.1) is 6.92 Å². The second kappa shape index (κ2) is 5.30. The van der Waals surface area contributed by atoms with Crippen LogP contribution >= 0.6 is 0 Å². The van der Waals surface area contributed by atoms with Crippen LogP contribution in [-0.2, 0) is 11.2 Å². The molecule has 3 heteroatoms. The van der Waals surface area contributed by atoms with E-state index in [9.17, 15) is 0 Å². The summed E-state index contributed by atoms with van der Waals surface area (Å²) in [6, 6.07) is 2.69. The van der Waals surface area contributed by atoms with E-state index in [1.807, 2.05) is 6.20 Å². The van der Waals surface area contributed by atoms with Gasteiger partial charge in [-0.3, -0.25) is 0 Å². The summed E-state index contributed by atoms with van der Waals surface area (Å²) in [6.07, 6.45) is 5.19. The van der Waals surface area contributed by atoms with Crippen molar-refractivity contribution in [2.24, 2.45) is 0 Å². The first-order chi connectivity index (χ1) is 7.79. The molecule has 0 aliphatic carbocycles. The Labute approximate surface area is 97.2 Å². The van der Waals surface area contributed by atoms with E-state index in [-0.39, 0.29) is 0 Å². The average molecular weight is 220 g/mol. The van der Waals surface area contributed by atoms with Gasteiger partial charge in [-0.05, 0) is 43.4 Å². The Morgan fingerprint density at radius 3 is 2.88 bits per heavy atom. The summed E-state index contributed by atoms with van der Waals surface area (Å²) < 4.78 is 5.34. The Balaban J connectivity index is 2.03. The SMILES string of the molecule is CCc1cc(NC2CCOCC2)ncc1C. The lowest BCUT2D eigenvalue weighted by molar-refractivity contribution is 0.0904. The number of aryl methyl sites for hydroxylation is 2. The van der Waals surface area contributed by atoms with E-state index in [4.69, 9.17) is 4.74 Å². The molecule has 1 N–H and O–H groups in total. The van der Waals surface area contributed by atoms with Gasteiger partial charge in [0.2, 0.25) is 0 Å². The molecule has 1 aromatic rings. The highest BCUT2D eigenvalue weighted by Gasteiger charge is 2.13. The molecule has 88 valence electrons. The van der Waals surface area contributed by atoms with E-state index in [1.165, 1.54) is 11.1 Å². The van der Waals surface area contributed by atoms with Gasteiger partial charge < -0.3 is 10.1 Å². The van der Waals surface area contributed by atoms with Crippen LogP contribution in [0.4, 0.5) is 5.82 Å². The summed E-state index contributed by atoms with van der Waals surface area (Å²) in [4.78, 5) is 4.43. The molecule has 0 bridgehead atoms. The van der Waals surface area contributed by atoms with Crippen LogP contribution in [0.5, 0.6) is 0 Å². The van der Waals surface area contributed by atoms with E-state index >= 15 is 0 Å². The summed E-state index contributed by atoms with van der Waals surface area (Å²) in [7, 11) is 0. The van der Waals surface area contributed by atoms with Crippen LogP contribution in [0.25, 0.3) is 0 Å². The van der Waals surface area contributed by atoms with Crippen LogP contribution in [0.2, 0.25) is 0 Å². The Bertz CT molecular complexity index is 346. The second-order valence-corrected chi connectivity index (χ2v) is 4.38. The normalized spacial score (nSPS) is 17.4. The third-order valence-electron chi connectivity index (χ3n) is 3.17. The Morgan fingerprint density at radius 2 is 2.19 bits per heavy atom. The standard InChI is InChI=1S/C13H20N2O/c1-3-11-8-13(14-9-10(11)2)15-12-4-6-16-7-5-12/h8-9,12H,3-7H2,1-2H3,(H,14,15). The van der Waals surface area contributed by atoms with E-state index in [0.717, 1.165) is 38.3 Å². The average Bonchev–Trinajstić information content (AvgIpc) is 2.33. The van der Waals surface area contributed by atoms with Crippen molar-refractivity contribution in [1.82, 2.24) is 4.98 Å². The molecule has 1 aromatic heterocycles. The molecule has 0 aromatic carbocycles. The molecule has 2 heterocycles. The largest absolute Gasteiger partial charge is 0.381 e. The lowest BCUT2D eigenvalue weighted by atomic mass is 10.1. The monoisotopic (exact) mass is 220 g/mol. The molecule has 0 radical (unpaired) electrons. The first-order valence-electron chi connectivity index (χ1n) is 6.09.